The van der Waals surface area contributed by atoms with Gasteiger partial charge >= 0.3 is 5.97 Å². The van der Waals surface area contributed by atoms with Crippen LogP contribution >= 0.6 is 0 Å². The van der Waals surface area contributed by atoms with Gasteiger partial charge in [-0.15, -0.1) is 0 Å². The van der Waals surface area contributed by atoms with E-state index in [4.69, 9.17) is 4.84 Å². The monoisotopic (exact) mass is 391 g/mol. The van der Waals surface area contributed by atoms with Crippen LogP contribution in [0.25, 0.3) is 11.6 Å². The molecule has 0 fully saturated rings. The van der Waals surface area contributed by atoms with Gasteiger partial charge in [0.15, 0.2) is 11.6 Å². The fraction of sp³-hybridized carbons (Fsp3) is 0.105. The molecule has 144 valence electrons. The van der Waals surface area contributed by atoms with Crippen LogP contribution in [0.4, 0.5) is 0 Å². The van der Waals surface area contributed by atoms with Crippen LogP contribution < -0.4 is 5.56 Å². The van der Waals surface area contributed by atoms with E-state index in [2.05, 4.69) is 19.9 Å². The Morgan fingerprint density at radius 3 is 2.24 bits per heavy atom. The highest BCUT2D eigenvalue weighted by Crippen LogP contribution is 2.23. The molecule has 2 aromatic heterocycles. The average Bonchev–Trinajstić information content (AvgIpc) is 2.96. The number of hydrogen-bond acceptors (Lipinski definition) is 8. The number of hydroxylamine groups is 2. The van der Waals surface area contributed by atoms with Crippen molar-refractivity contribution in [3.05, 3.63) is 75.5 Å². The number of aromatic nitrogens is 4. The lowest BCUT2D eigenvalue weighted by Gasteiger charge is -2.13. The standard InChI is InChI=1S/C19H13N5O5/c1-10-13(17(26)23-16(22-10)15-20-7-4-8-21-15)9-14(25)29-24-18(27)11-5-2-3-6-12(11)19(24)28/h2-8H,9H2,1H3,(H,22,23,26). The zero-order chi connectivity index (χ0) is 20.5. The summed E-state index contributed by atoms with van der Waals surface area (Å²) in [5.74, 6) is -2.03. The highest BCUT2D eigenvalue weighted by molar-refractivity contribution is 6.20. The van der Waals surface area contributed by atoms with Crippen LogP contribution in [0.5, 0.6) is 0 Å². The molecular formula is C19H13N5O5. The van der Waals surface area contributed by atoms with Crippen LogP contribution in [0.2, 0.25) is 0 Å². The van der Waals surface area contributed by atoms with Crippen LogP contribution in [0.1, 0.15) is 32.0 Å². The molecule has 2 amide bonds. The van der Waals surface area contributed by atoms with Gasteiger partial charge in [-0.25, -0.2) is 19.7 Å². The van der Waals surface area contributed by atoms with Gasteiger partial charge < -0.3 is 9.82 Å². The maximum Gasteiger partial charge on any atom is 0.337 e. The van der Waals surface area contributed by atoms with Crippen molar-refractivity contribution >= 4 is 17.8 Å². The first kappa shape index (κ1) is 18.2. The molecule has 0 atom stereocenters. The summed E-state index contributed by atoms with van der Waals surface area (Å²) in [7, 11) is 0. The summed E-state index contributed by atoms with van der Waals surface area (Å²) >= 11 is 0. The number of aromatic amines is 1. The predicted molar refractivity (Wildman–Crippen MR) is 97.4 cm³/mol. The maximum atomic E-state index is 12.4. The number of nitrogens with zero attached hydrogens (tertiary/aromatic N) is 4. The van der Waals surface area contributed by atoms with E-state index in [1.54, 1.807) is 25.1 Å². The first-order chi connectivity index (χ1) is 14.0. The molecule has 4 rings (SSSR count). The largest absolute Gasteiger partial charge is 0.337 e. The normalized spacial score (nSPS) is 12.8. The molecule has 1 aliphatic rings. The van der Waals surface area contributed by atoms with Crippen molar-refractivity contribution in [1.82, 2.24) is 25.0 Å². The lowest BCUT2D eigenvalue weighted by atomic mass is 10.1. The third-order valence-electron chi connectivity index (χ3n) is 4.27. The molecular weight excluding hydrogens is 378 g/mol. The molecule has 0 bridgehead atoms. The van der Waals surface area contributed by atoms with E-state index >= 15 is 0 Å². The molecule has 29 heavy (non-hydrogen) atoms. The fourth-order valence-corrected chi connectivity index (χ4v) is 2.87. The van der Waals surface area contributed by atoms with Gasteiger partial charge in [0.05, 0.1) is 17.5 Å². The van der Waals surface area contributed by atoms with Crippen molar-refractivity contribution in [1.29, 1.82) is 0 Å². The Morgan fingerprint density at radius 1 is 1.03 bits per heavy atom. The van der Waals surface area contributed by atoms with E-state index in [0.717, 1.165) is 0 Å². The molecule has 0 spiro atoms. The number of imide groups is 1. The molecule has 3 heterocycles. The number of fused-ring (bicyclic) bond motifs is 1. The second-order valence-corrected chi connectivity index (χ2v) is 6.14. The second-order valence-electron chi connectivity index (χ2n) is 6.14. The van der Waals surface area contributed by atoms with Gasteiger partial charge in [-0.05, 0) is 25.1 Å². The predicted octanol–water partition coefficient (Wildman–Crippen LogP) is 0.832. The molecule has 10 nitrogen and oxygen atoms in total. The summed E-state index contributed by atoms with van der Waals surface area (Å²) in [6, 6.07) is 7.75. The minimum atomic E-state index is -0.946. The van der Waals surface area contributed by atoms with Crippen LogP contribution in [-0.4, -0.2) is 42.8 Å². The van der Waals surface area contributed by atoms with Crippen LogP contribution in [0.15, 0.2) is 47.5 Å². The molecule has 1 aromatic carbocycles. The number of rotatable bonds is 4. The highest BCUT2D eigenvalue weighted by atomic mass is 16.7. The molecule has 1 aliphatic heterocycles. The summed E-state index contributed by atoms with van der Waals surface area (Å²) in [5, 5.41) is 0.399. The third-order valence-corrected chi connectivity index (χ3v) is 4.27. The molecule has 0 radical (unpaired) electrons. The van der Waals surface area contributed by atoms with Gasteiger partial charge in [0.2, 0.25) is 0 Å². The lowest BCUT2D eigenvalue weighted by molar-refractivity contribution is -0.167. The Morgan fingerprint density at radius 2 is 1.66 bits per heavy atom. The van der Waals surface area contributed by atoms with Gasteiger partial charge in [-0.1, -0.05) is 17.2 Å². The first-order valence-corrected chi connectivity index (χ1v) is 8.51. The van der Waals surface area contributed by atoms with Crippen molar-refractivity contribution in [3.8, 4) is 11.6 Å². The molecule has 3 aromatic rings. The molecule has 0 saturated carbocycles. The number of benzene rings is 1. The quantitative estimate of drug-likeness (QED) is 0.646. The molecule has 0 aliphatic carbocycles. The molecule has 10 heteroatoms. The van der Waals surface area contributed by atoms with Crippen molar-refractivity contribution in [2.45, 2.75) is 13.3 Å². The van der Waals surface area contributed by atoms with Gasteiger partial charge in [-0.2, -0.15) is 0 Å². The number of H-pyrrole nitrogens is 1. The van der Waals surface area contributed by atoms with Crippen molar-refractivity contribution in [3.63, 3.8) is 0 Å². The number of aryl methyl sites for hydroxylation is 1. The summed E-state index contributed by atoms with van der Waals surface area (Å²) < 4.78 is 0. The number of amides is 2. The summed E-state index contributed by atoms with van der Waals surface area (Å²) in [6.07, 6.45) is 2.54. The van der Waals surface area contributed by atoms with Crippen LogP contribution in [0.3, 0.4) is 0 Å². The Bertz CT molecular complexity index is 1170. The zero-order valence-corrected chi connectivity index (χ0v) is 15.1. The van der Waals surface area contributed by atoms with E-state index in [1.807, 2.05) is 0 Å². The van der Waals surface area contributed by atoms with E-state index in [9.17, 15) is 19.2 Å². The number of hydrogen-bond donors (Lipinski definition) is 1. The van der Waals surface area contributed by atoms with Gasteiger partial charge in [0.25, 0.3) is 17.4 Å². The SMILES string of the molecule is Cc1nc(-c2ncccn2)[nH]c(=O)c1CC(=O)ON1C(=O)c2ccccc2C1=O. The average molecular weight is 391 g/mol. The van der Waals surface area contributed by atoms with Gasteiger partial charge in [0, 0.05) is 23.7 Å². The van der Waals surface area contributed by atoms with E-state index in [-0.39, 0.29) is 34.0 Å². The lowest BCUT2D eigenvalue weighted by Crippen LogP contribution is -2.34. The highest BCUT2D eigenvalue weighted by Gasteiger charge is 2.38. The van der Waals surface area contributed by atoms with Crippen LogP contribution in [0, 0.1) is 6.92 Å². The third kappa shape index (κ3) is 3.27. The summed E-state index contributed by atoms with van der Waals surface area (Å²) in [6.45, 7) is 1.55. The van der Waals surface area contributed by atoms with Crippen molar-refractivity contribution in [2.24, 2.45) is 0 Å². The Labute approximate surface area is 163 Å². The number of carbonyl (C=O) groups is 3. The Balaban J connectivity index is 1.53. The maximum absolute atomic E-state index is 12.4. The molecule has 1 N–H and O–H groups in total. The minimum absolute atomic E-state index is 0.0475. The summed E-state index contributed by atoms with van der Waals surface area (Å²) in [4.78, 5) is 68.9. The van der Waals surface area contributed by atoms with Crippen LogP contribution in [-0.2, 0) is 16.1 Å². The number of nitrogens with one attached hydrogen (secondary N) is 1. The first-order valence-electron chi connectivity index (χ1n) is 8.51. The van der Waals surface area contributed by atoms with Crippen molar-refractivity contribution < 1.29 is 19.2 Å². The van der Waals surface area contributed by atoms with Gasteiger partial charge in [0.1, 0.15) is 0 Å². The van der Waals surface area contributed by atoms with E-state index in [1.165, 1.54) is 24.5 Å². The Kier molecular flexibility index (Phi) is 4.43. The Hall–Kier alpha value is -4.21. The minimum Gasteiger partial charge on any atom is -0.329 e. The van der Waals surface area contributed by atoms with Crippen molar-refractivity contribution in [2.75, 3.05) is 0 Å². The fourth-order valence-electron chi connectivity index (χ4n) is 2.87. The number of carbonyl (C=O) groups excluding carboxylic acids is 3. The summed E-state index contributed by atoms with van der Waals surface area (Å²) in [5.41, 5.74) is 0.0440. The molecule has 0 unspecified atom stereocenters. The topological polar surface area (TPSA) is 135 Å². The second kappa shape index (κ2) is 7.08. The van der Waals surface area contributed by atoms with E-state index in [0.29, 0.717) is 5.06 Å². The van der Waals surface area contributed by atoms with E-state index < -0.39 is 29.8 Å². The zero-order valence-electron chi connectivity index (χ0n) is 15.1. The molecule has 0 saturated heterocycles. The smallest absolute Gasteiger partial charge is 0.329 e. The van der Waals surface area contributed by atoms with Gasteiger partial charge in [-0.3, -0.25) is 14.4 Å².